The molecule has 6 N–H and O–H groups in total. The predicted molar refractivity (Wildman–Crippen MR) is 133 cm³/mol. The van der Waals surface area contributed by atoms with E-state index in [1.165, 1.54) is 12.1 Å². The summed E-state index contributed by atoms with van der Waals surface area (Å²) < 4.78 is 1.59. The molecule has 1 heterocycles. The number of nitrogens with zero attached hydrogens (tertiary/aromatic N) is 3. The van der Waals surface area contributed by atoms with Gasteiger partial charge < -0.3 is 25.2 Å². The number of aromatic nitrogens is 2. The molecule has 4 aromatic rings. The van der Waals surface area contributed by atoms with Gasteiger partial charge in [0, 0.05) is 17.3 Å². The van der Waals surface area contributed by atoms with Crippen molar-refractivity contribution in [1.82, 2.24) is 9.78 Å². The molecule has 1 aromatic heterocycles. The van der Waals surface area contributed by atoms with Crippen molar-refractivity contribution in [3.8, 4) is 16.9 Å². The molecule has 12 heteroatoms. The molecule has 0 saturated carbocycles. The normalized spacial score (nSPS) is 11.0. The standard InChI is InChI=1S/C23H20B2N4O6/c30-23(31)16-3-11-21(12-4-16)29-14-17(13-26-27-20-9-7-19(8-10-20)25(34)35)22(28-29)15-1-5-18(6-2-15)24(32)33/h1-14,27,32-35H,(H,30,31)/b26-13+. The van der Waals surface area contributed by atoms with Crippen LogP contribution in [0.2, 0.25) is 0 Å². The van der Waals surface area contributed by atoms with Gasteiger partial charge in [0.2, 0.25) is 0 Å². The molecular formula is C23H20B2N4O6. The summed E-state index contributed by atoms with van der Waals surface area (Å²) in [4.78, 5) is 11.1. The van der Waals surface area contributed by atoms with Crippen LogP contribution in [0.5, 0.6) is 0 Å². The summed E-state index contributed by atoms with van der Waals surface area (Å²) in [5.74, 6) is -1.02. The molecule has 0 unspecified atom stereocenters. The summed E-state index contributed by atoms with van der Waals surface area (Å²) in [6.07, 6.45) is 3.30. The Morgan fingerprint density at radius 2 is 1.43 bits per heavy atom. The number of aromatic carboxylic acids is 1. The topological polar surface area (TPSA) is 160 Å². The molecule has 3 aromatic carbocycles. The van der Waals surface area contributed by atoms with Gasteiger partial charge in [-0.3, -0.25) is 5.43 Å². The number of rotatable bonds is 8. The van der Waals surface area contributed by atoms with Gasteiger partial charge in [0.25, 0.3) is 0 Å². The summed E-state index contributed by atoms with van der Waals surface area (Å²) in [7, 11) is -3.14. The molecule has 0 spiro atoms. The number of carboxylic acid groups (broad SMARTS) is 1. The van der Waals surface area contributed by atoms with Crippen LogP contribution in [0.3, 0.4) is 0 Å². The summed E-state index contributed by atoms with van der Waals surface area (Å²) >= 11 is 0. The maximum Gasteiger partial charge on any atom is 0.488 e. The zero-order valence-electron chi connectivity index (χ0n) is 18.2. The van der Waals surface area contributed by atoms with Crippen LogP contribution in [0, 0.1) is 0 Å². The molecule has 0 bridgehead atoms. The number of carbonyl (C=O) groups is 1. The molecule has 0 atom stereocenters. The van der Waals surface area contributed by atoms with E-state index in [2.05, 4.69) is 15.6 Å². The Balaban J connectivity index is 1.65. The van der Waals surface area contributed by atoms with Crippen LogP contribution in [0.25, 0.3) is 16.9 Å². The number of hydrazone groups is 1. The van der Waals surface area contributed by atoms with E-state index < -0.39 is 20.2 Å². The molecule has 0 aliphatic rings. The van der Waals surface area contributed by atoms with Gasteiger partial charge in [-0.05, 0) is 47.3 Å². The van der Waals surface area contributed by atoms with E-state index in [0.29, 0.717) is 39.1 Å². The maximum absolute atomic E-state index is 11.1. The second-order valence-electron chi connectivity index (χ2n) is 7.59. The first kappa shape index (κ1) is 23.9. The van der Waals surface area contributed by atoms with E-state index in [4.69, 9.17) is 5.11 Å². The van der Waals surface area contributed by atoms with Gasteiger partial charge >= 0.3 is 20.2 Å². The number of anilines is 1. The van der Waals surface area contributed by atoms with Gasteiger partial charge in [-0.25, -0.2) is 9.48 Å². The molecule has 0 radical (unpaired) electrons. The lowest BCUT2D eigenvalue weighted by Gasteiger charge is -2.04. The summed E-state index contributed by atoms with van der Waals surface area (Å²) in [5, 5.41) is 55.1. The SMILES string of the molecule is O=C(O)c1ccc(-n2cc(/C=N/Nc3ccc(B(O)O)cc3)c(-c3ccc(B(O)O)cc3)n2)cc1. The number of hydrogen-bond acceptors (Lipinski definition) is 8. The highest BCUT2D eigenvalue weighted by Crippen LogP contribution is 2.22. The highest BCUT2D eigenvalue weighted by atomic mass is 16.4. The largest absolute Gasteiger partial charge is 0.488 e. The van der Waals surface area contributed by atoms with Crippen LogP contribution in [-0.4, -0.2) is 61.4 Å². The van der Waals surface area contributed by atoms with Crippen LogP contribution >= 0.6 is 0 Å². The molecule has 0 fully saturated rings. The fraction of sp³-hybridized carbons (Fsp3) is 0. The molecule has 0 saturated heterocycles. The van der Waals surface area contributed by atoms with E-state index in [1.54, 1.807) is 77.8 Å². The second-order valence-corrected chi connectivity index (χ2v) is 7.59. The lowest BCUT2D eigenvalue weighted by atomic mass is 9.80. The van der Waals surface area contributed by atoms with Crippen molar-refractivity contribution in [3.05, 3.63) is 90.1 Å². The van der Waals surface area contributed by atoms with Gasteiger partial charge in [0.1, 0.15) is 5.69 Å². The molecule has 10 nitrogen and oxygen atoms in total. The van der Waals surface area contributed by atoms with Gasteiger partial charge in [-0.15, -0.1) is 0 Å². The number of benzene rings is 3. The van der Waals surface area contributed by atoms with Crippen LogP contribution in [0.15, 0.2) is 84.1 Å². The van der Waals surface area contributed by atoms with E-state index in [1.807, 2.05) is 0 Å². The van der Waals surface area contributed by atoms with Crippen LogP contribution < -0.4 is 16.4 Å². The number of carboxylic acids is 1. The van der Waals surface area contributed by atoms with Crippen molar-refractivity contribution in [2.45, 2.75) is 0 Å². The molecule has 4 rings (SSSR count). The van der Waals surface area contributed by atoms with E-state index in [9.17, 15) is 24.9 Å². The minimum Gasteiger partial charge on any atom is -0.478 e. The second kappa shape index (κ2) is 10.4. The van der Waals surface area contributed by atoms with Crippen molar-refractivity contribution < 1.29 is 30.0 Å². The summed E-state index contributed by atoms with van der Waals surface area (Å²) in [6, 6.07) is 19.2. The van der Waals surface area contributed by atoms with Crippen molar-refractivity contribution in [2.24, 2.45) is 5.10 Å². The van der Waals surface area contributed by atoms with Crippen molar-refractivity contribution in [3.63, 3.8) is 0 Å². The lowest BCUT2D eigenvalue weighted by Crippen LogP contribution is -2.29. The van der Waals surface area contributed by atoms with E-state index in [-0.39, 0.29) is 5.56 Å². The zero-order chi connectivity index (χ0) is 24.9. The molecule has 0 aliphatic heterocycles. The van der Waals surface area contributed by atoms with Crippen LogP contribution in [-0.2, 0) is 0 Å². The van der Waals surface area contributed by atoms with Crippen LogP contribution in [0.1, 0.15) is 15.9 Å². The first-order valence-corrected chi connectivity index (χ1v) is 10.5. The molecule has 35 heavy (non-hydrogen) atoms. The quantitative estimate of drug-likeness (QED) is 0.120. The van der Waals surface area contributed by atoms with Gasteiger partial charge in [0.15, 0.2) is 0 Å². The fourth-order valence-corrected chi connectivity index (χ4v) is 3.31. The highest BCUT2D eigenvalue weighted by molar-refractivity contribution is 6.58. The Hall–Kier alpha value is -4.22. The van der Waals surface area contributed by atoms with Gasteiger partial charge in [0.05, 0.1) is 23.2 Å². The molecular weight excluding hydrogens is 450 g/mol. The molecule has 174 valence electrons. The minimum atomic E-state index is -1.59. The lowest BCUT2D eigenvalue weighted by molar-refractivity contribution is 0.0697. The van der Waals surface area contributed by atoms with Gasteiger partial charge in [-0.1, -0.05) is 36.4 Å². The van der Waals surface area contributed by atoms with Crippen molar-refractivity contribution in [2.75, 3.05) is 5.43 Å². The third-order valence-electron chi connectivity index (χ3n) is 5.21. The third-order valence-corrected chi connectivity index (χ3v) is 5.21. The summed E-state index contributed by atoms with van der Waals surface area (Å²) in [6.45, 7) is 0. The van der Waals surface area contributed by atoms with Crippen LogP contribution in [0.4, 0.5) is 5.69 Å². The maximum atomic E-state index is 11.1. The highest BCUT2D eigenvalue weighted by Gasteiger charge is 2.15. The fourth-order valence-electron chi connectivity index (χ4n) is 3.31. The smallest absolute Gasteiger partial charge is 0.478 e. The average molecular weight is 470 g/mol. The zero-order valence-corrected chi connectivity index (χ0v) is 18.2. The Bertz CT molecular complexity index is 1340. The molecule has 0 aliphatic carbocycles. The monoisotopic (exact) mass is 470 g/mol. The average Bonchev–Trinajstić information content (AvgIpc) is 3.28. The minimum absolute atomic E-state index is 0.157. The number of hydrogen-bond donors (Lipinski definition) is 6. The predicted octanol–water partition coefficient (Wildman–Crippen LogP) is 0.0431. The first-order chi connectivity index (χ1) is 16.8. The van der Waals surface area contributed by atoms with E-state index in [0.717, 1.165) is 0 Å². The molecule has 0 amide bonds. The van der Waals surface area contributed by atoms with E-state index >= 15 is 0 Å². The van der Waals surface area contributed by atoms with Gasteiger partial charge in [-0.2, -0.15) is 10.2 Å². The van der Waals surface area contributed by atoms with Crippen molar-refractivity contribution >= 4 is 43.0 Å². The Morgan fingerprint density at radius 1 is 0.857 bits per heavy atom. The third kappa shape index (κ3) is 5.65. The Labute approximate surface area is 200 Å². The van der Waals surface area contributed by atoms with Crippen molar-refractivity contribution in [1.29, 1.82) is 0 Å². The Morgan fingerprint density at radius 3 is 1.97 bits per heavy atom. The summed E-state index contributed by atoms with van der Waals surface area (Å²) in [5.41, 5.74) is 6.90. The Kier molecular flexibility index (Phi) is 7.09. The first-order valence-electron chi connectivity index (χ1n) is 10.5. The number of nitrogens with one attached hydrogen (secondary N) is 1.